The summed E-state index contributed by atoms with van der Waals surface area (Å²) in [5.74, 6) is 2.36. The SMILES string of the molecule is O=C(Cc1ccc(Br)cc1)C1C2CCCCC21. The van der Waals surface area contributed by atoms with Crippen LogP contribution in [0.15, 0.2) is 28.7 Å². The monoisotopic (exact) mass is 292 g/mol. The Kier molecular flexibility index (Phi) is 3.08. The Bertz CT molecular complexity index is 411. The summed E-state index contributed by atoms with van der Waals surface area (Å²) < 4.78 is 1.08. The minimum Gasteiger partial charge on any atom is -0.299 e. The lowest BCUT2D eigenvalue weighted by molar-refractivity contribution is -0.120. The number of ketones is 1. The van der Waals surface area contributed by atoms with Crippen LogP contribution in [0.1, 0.15) is 31.2 Å². The summed E-state index contributed by atoms with van der Waals surface area (Å²) >= 11 is 3.42. The Hall–Kier alpha value is -0.630. The van der Waals surface area contributed by atoms with Crippen LogP contribution in [0.3, 0.4) is 0 Å². The van der Waals surface area contributed by atoms with Crippen molar-refractivity contribution in [3.05, 3.63) is 34.3 Å². The van der Waals surface area contributed by atoms with E-state index in [1.54, 1.807) is 0 Å². The number of benzene rings is 1. The number of carbonyl (C=O) groups excluding carboxylic acids is 1. The summed E-state index contributed by atoms with van der Waals surface area (Å²) in [4.78, 5) is 12.2. The summed E-state index contributed by atoms with van der Waals surface area (Å²) in [5.41, 5.74) is 1.15. The van der Waals surface area contributed by atoms with Gasteiger partial charge in [0, 0.05) is 16.8 Å². The minimum absolute atomic E-state index is 0.404. The van der Waals surface area contributed by atoms with Crippen molar-refractivity contribution in [3.8, 4) is 0 Å². The van der Waals surface area contributed by atoms with Gasteiger partial charge in [0.15, 0.2) is 0 Å². The molecule has 2 fully saturated rings. The van der Waals surface area contributed by atoms with Gasteiger partial charge < -0.3 is 0 Å². The first kappa shape index (κ1) is 11.5. The molecule has 2 aliphatic rings. The van der Waals surface area contributed by atoms with Crippen molar-refractivity contribution in [1.82, 2.24) is 0 Å². The first-order chi connectivity index (χ1) is 8.25. The van der Waals surface area contributed by atoms with E-state index >= 15 is 0 Å². The van der Waals surface area contributed by atoms with Crippen molar-refractivity contribution in [2.24, 2.45) is 17.8 Å². The van der Waals surface area contributed by atoms with Crippen molar-refractivity contribution in [2.75, 3.05) is 0 Å². The Labute approximate surface area is 111 Å². The molecule has 0 aromatic heterocycles. The third kappa shape index (κ3) is 2.33. The molecule has 2 atom stereocenters. The molecule has 2 aliphatic carbocycles. The molecule has 1 aromatic rings. The summed E-state index contributed by atoms with van der Waals surface area (Å²) in [5, 5.41) is 0. The van der Waals surface area contributed by atoms with Gasteiger partial charge >= 0.3 is 0 Å². The molecule has 0 spiro atoms. The predicted octanol–water partition coefficient (Wildman–Crippen LogP) is 4.00. The van der Waals surface area contributed by atoms with E-state index in [9.17, 15) is 4.79 Å². The minimum atomic E-state index is 0.404. The maximum atomic E-state index is 12.2. The van der Waals surface area contributed by atoms with Crippen molar-refractivity contribution in [2.45, 2.75) is 32.1 Å². The zero-order chi connectivity index (χ0) is 11.8. The summed E-state index contributed by atoms with van der Waals surface area (Å²) in [6, 6.07) is 8.13. The van der Waals surface area contributed by atoms with Crippen molar-refractivity contribution < 1.29 is 4.79 Å². The highest BCUT2D eigenvalue weighted by atomic mass is 79.9. The third-order valence-corrected chi connectivity index (χ3v) is 4.85. The molecule has 0 N–H and O–H groups in total. The Balaban J connectivity index is 1.62. The molecular formula is C15H17BrO. The molecule has 90 valence electrons. The summed E-state index contributed by atoms with van der Waals surface area (Å²) in [7, 11) is 0. The molecule has 0 aliphatic heterocycles. The molecule has 2 heteroatoms. The number of Topliss-reactive ketones (excluding diaryl/α,β-unsaturated/α-hetero) is 1. The van der Waals surface area contributed by atoms with E-state index < -0.39 is 0 Å². The average Bonchev–Trinajstić information content (AvgIpc) is 3.06. The van der Waals surface area contributed by atoms with Gasteiger partial charge in [0.25, 0.3) is 0 Å². The number of halogens is 1. The number of carbonyl (C=O) groups is 1. The Morgan fingerprint density at radius 1 is 1.12 bits per heavy atom. The fourth-order valence-electron chi connectivity index (χ4n) is 3.39. The van der Waals surface area contributed by atoms with Gasteiger partial charge in [-0.1, -0.05) is 40.9 Å². The van der Waals surface area contributed by atoms with E-state index in [0.717, 1.165) is 21.9 Å². The zero-order valence-corrected chi connectivity index (χ0v) is 11.4. The first-order valence-electron chi connectivity index (χ1n) is 6.53. The molecule has 0 bridgehead atoms. The molecule has 2 unspecified atom stereocenters. The van der Waals surface area contributed by atoms with Crippen molar-refractivity contribution >= 4 is 21.7 Å². The fraction of sp³-hybridized carbons (Fsp3) is 0.533. The van der Waals surface area contributed by atoms with Crippen LogP contribution in [0, 0.1) is 17.8 Å². The molecule has 0 heterocycles. The number of rotatable bonds is 3. The van der Waals surface area contributed by atoms with Crippen molar-refractivity contribution in [1.29, 1.82) is 0 Å². The van der Waals surface area contributed by atoms with Crippen molar-refractivity contribution in [3.63, 3.8) is 0 Å². The van der Waals surface area contributed by atoms with Crippen LogP contribution in [-0.4, -0.2) is 5.78 Å². The van der Waals surface area contributed by atoms with Crippen LogP contribution in [0.2, 0.25) is 0 Å². The largest absolute Gasteiger partial charge is 0.299 e. The average molecular weight is 293 g/mol. The lowest BCUT2D eigenvalue weighted by Gasteiger charge is -2.04. The predicted molar refractivity (Wildman–Crippen MR) is 71.8 cm³/mol. The van der Waals surface area contributed by atoms with E-state index in [0.29, 0.717) is 18.1 Å². The van der Waals surface area contributed by atoms with Gasteiger partial charge in [-0.15, -0.1) is 0 Å². The second-order valence-corrected chi connectivity index (χ2v) is 6.32. The molecule has 3 rings (SSSR count). The molecule has 2 saturated carbocycles. The van der Waals surface area contributed by atoms with Gasteiger partial charge in [0.1, 0.15) is 5.78 Å². The summed E-state index contributed by atoms with van der Waals surface area (Å²) in [6.07, 6.45) is 5.89. The second-order valence-electron chi connectivity index (χ2n) is 5.41. The van der Waals surface area contributed by atoms with Gasteiger partial charge in [-0.05, 0) is 42.4 Å². The van der Waals surface area contributed by atoms with E-state index in [4.69, 9.17) is 0 Å². The number of fused-ring (bicyclic) bond motifs is 1. The molecular weight excluding hydrogens is 276 g/mol. The highest BCUT2D eigenvalue weighted by Gasteiger charge is 2.53. The molecule has 1 aromatic carbocycles. The zero-order valence-electron chi connectivity index (χ0n) is 9.86. The topological polar surface area (TPSA) is 17.1 Å². The lowest BCUT2D eigenvalue weighted by atomic mass is 10.0. The second kappa shape index (κ2) is 4.56. The standard InChI is InChI=1S/C15H17BrO/c16-11-7-5-10(6-8-11)9-14(17)15-12-3-1-2-4-13(12)15/h5-8,12-13,15H,1-4,9H2. The summed E-state index contributed by atoms with van der Waals surface area (Å²) in [6.45, 7) is 0. The molecule has 0 saturated heterocycles. The van der Waals surface area contributed by atoms with E-state index in [2.05, 4.69) is 15.9 Å². The molecule has 17 heavy (non-hydrogen) atoms. The smallest absolute Gasteiger partial charge is 0.140 e. The molecule has 0 radical (unpaired) electrons. The van der Waals surface area contributed by atoms with Gasteiger partial charge in [-0.3, -0.25) is 4.79 Å². The van der Waals surface area contributed by atoms with E-state index in [1.807, 2.05) is 24.3 Å². The van der Waals surface area contributed by atoms with Gasteiger partial charge in [0.05, 0.1) is 0 Å². The number of hydrogen-bond donors (Lipinski definition) is 0. The molecule has 1 nitrogen and oxygen atoms in total. The van der Waals surface area contributed by atoms with E-state index in [-0.39, 0.29) is 0 Å². The Morgan fingerprint density at radius 3 is 2.29 bits per heavy atom. The highest BCUT2D eigenvalue weighted by molar-refractivity contribution is 9.10. The quantitative estimate of drug-likeness (QED) is 0.823. The van der Waals surface area contributed by atoms with Crippen LogP contribution in [0.25, 0.3) is 0 Å². The fourth-order valence-corrected chi connectivity index (χ4v) is 3.66. The third-order valence-electron chi connectivity index (χ3n) is 4.32. The first-order valence-corrected chi connectivity index (χ1v) is 7.32. The van der Waals surface area contributed by atoms with Gasteiger partial charge in [-0.25, -0.2) is 0 Å². The highest BCUT2D eigenvalue weighted by Crippen LogP contribution is 2.56. The van der Waals surface area contributed by atoms with Gasteiger partial charge in [0.2, 0.25) is 0 Å². The van der Waals surface area contributed by atoms with Crippen LogP contribution in [-0.2, 0) is 11.2 Å². The van der Waals surface area contributed by atoms with Crippen LogP contribution in [0.4, 0.5) is 0 Å². The van der Waals surface area contributed by atoms with Crippen LogP contribution in [0.5, 0.6) is 0 Å². The van der Waals surface area contributed by atoms with Crippen LogP contribution >= 0.6 is 15.9 Å². The number of hydrogen-bond acceptors (Lipinski definition) is 1. The Morgan fingerprint density at radius 2 is 1.71 bits per heavy atom. The maximum absolute atomic E-state index is 12.2. The molecule has 0 amide bonds. The normalized spacial score (nSPS) is 30.8. The van der Waals surface area contributed by atoms with E-state index in [1.165, 1.54) is 25.7 Å². The maximum Gasteiger partial charge on any atom is 0.140 e. The van der Waals surface area contributed by atoms with Crippen LogP contribution < -0.4 is 0 Å². The van der Waals surface area contributed by atoms with Gasteiger partial charge in [-0.2, -0.15) is 0 Å². The lowest BCUT2D eigenvalue weighted by Crippen LogP contribution is -2.07.